The predicted octanol–water partition coefficient (Wildman–Crippen LogP) is 1.12. The highest BCUT2D eigenvalue weighted by Gasteiger charge is 2.35. The zero-order valence-electron chi connectivity index (χ0n) is 5.96. The zero-order valence-corrected chi connectivity index (χ0v) is 5.96. The molecular formula is C7H11N3. The van der Waals surface area contributed by atoms with Crippen LogP contribution in [0.3, 0.4) is 0 Å². The van der Waals surface area contributed by atoms with E-state index in [1.165, 1.54) is 12.1 Å². The molecule has 1 aliphatic carbocycles. The Kier molecular flexibility index (Phi) is 1.01. The molecule has 1 fully saturated rings. The van der Waals surface area contributed by atoms with Gasteiger partial charge in [0.25, 0.3) is 0 Å². The number of hydrogen-bond donors (Lipinski definition) is 2. The molecule has 0 amide bonds. The summed E-state index contributed by atoms with van der Waals surface area (Å²) in [6.07, 6.45) is 1.28. The lowest BCUT2D eigenvalue weighted by Crippen LogP contribution is -1.81. The summed E-state index contributed by atoms with van der Waals surface area (Å²) >= 11 is 0. The molecule has 0 unspecified atom stereocenters. The molecule has 2 rings (SSSR count). The average Bonchev–Trinajstić information content (AvgIpc) is 2.42. The smallest absolute Gasteiger partial charge is 0.145 e. The van der Waals surface area contributed by atoms with Crippen LogP contribution in [0.5, 0.6) is 0 Å². The number of nitrogens with zero attached hydrogens (tertiary/aromatic N) is 1. The standard InChI is InChI=1S/C7H11N3/c1-4-2-5(4)6-3-7(8)10-9-6/h3-5H,2H2,1H3,(H3,8,9,10)/t4-,5+/m0/s1. The summed E-state index contributed by atoms with van der Waals surface area (Å²) in [5.41, 5.74) is 6.65. The molecule has 1 aromatic heterocycles. The highest BCUT2D eigenvalue weighted by Crippen LogP contribution is 2.46. The van der Waals surface area contributed by atoms with Gasteiger partial charge in [-0.3, -0.25) is 5.10 Å². The largest absolute Gasteiger partial charge is 0.382 e. The maximum Gasteiger partial charge on any atom is 0.145 e. The first-order valence-corrected chi connectivity index (χ1v) is 3.58. The minimum absolute atomic E-state index is 0.606. The van der Waals surface area contributed by atoms with E-state index >= 15 is 0 Å². The molecule has 1 heterocycles. The Balaban J connectivity index is 2.20. The fourth-order valence-electron chi connectivity index (χ4n) is 1.30. The van der Waals surface area contributed by atoms with E-state index in [2.05, 4.69) is 17.1 Å². The second-order valence-corrected chi connectivity index (χ2v) is 3.07. The summed E-state index contributed by atoms with van der Waals surface area (Å²) in [5.74, 6) is 2.12. The molecule has 1 aromatic rings. The van der Waals surface area contributed by atoms with Crippen molar-refractivity contribution in [2.45, 2.75) is 19.3 Å². The van der Waals surface area contributed by atoms with Gasteiger partial charge in [-0.05, 0) is 12.3 Å². The molecule has 2 atom stereocenters. The molecule has 0 spiro atoms. The van der Waals surface area contributed by atoms with E-state index in [0.717, 1.165) is 5.92 Å². The maximum atomic E-state index is 5.45. The normalized spacial score (nSPS) is 30.5. The minimum atomic E-state index is 0.606. The third-order valence-electron chi connectivity index (χ3n) is 2.13. The number of nitrogen functional groups attached to an aromatic ring is 1. The lowest BCUT2D eigenvalue weighted by molar-refractivity contribution is 0.872. The van der Waals surface area contributed by atoms with Gasteiger partial charge in [0.15, 0.2) is 0 Å². The molecule has 0 aromatic carbocycles. The van der Waals surface area contributed by atoms with Crippen LogP contribution >= 0.6 is 0 Å². The third-order valence-corrected chi connectivity index (χ3v) is 2.13. The van der Waals surface area contributed by atoms with Crippen LogP contribution in [-0.2, 0) is 0 Å². The molecule has 54 valence electrons. The average molecular weight is 137 g/mol. The molecule has 0 bridgehead atoms. The van der Waals surface area contributed by atoms with Gasteiger partial charge in [0.05, 0.1) is 0 Å². The summed E-state index contributed by atoms with van der Waals surface area (Å²) in [4.78, 5) is 0. The summed E-state index contributed by atoms with van der Waals surface area (Å²) in [6, 6.07) is 1.92. The molecule has 10 heavy (non-hydrogen) atoms. The fraction of sp³-hybridized carbons (Fsp3) is 0.571. The summed E-state index contributed by atoms with van der Waals surface area (Å²) in [5, 5.41) is 6.79. The van der Waals surface area contributed by atoms with Gasteiger partial charge in [0.2, 0.25) is 0 Å². The Hall–Kier alpha value is -0.990. The number of nitrogens with two attached hydrogens (primary N) is 1. The van der Waals surface area contributed by atoms with Crippen LogP contribution in [-0.4, -0.2) is 10.2 Å². The van der Waals surface area contributed by atoms with Crippen LogP contribution in [0.2, 0.25) is 0 Å². The molecule has 3 heteroatoms. The van der Waals surface area contributed by atoms with Crippen molar-refractivity contribution in [2.24, 2.45) is 5.92 Å². The van der Waals surface area contributed by atoms with Gasteiger partial charge in [0.1, 0.15) is 5.82 Å². The Morgan fingerprint density at radius 1 is 1.80 bits per heavy atom. The van der Waals surface area contributed by atoms with E-state index in [-0.39, 0.29) is 0 Å². The lowest BCUT2D eigenvalue weighted by atomic mass is 10.2. The van der Waals surface area contributed by atoms with Crippen molar-refractivity contribution in [3.63, 3.8) is 0 Å². The molecule has 1 saturated carbocycles. The van der Waals surface area contributed by atoms with Crippen molar-refractivity contribution < 1.29 is 0 Å². The summed E-state index contributed by atoms with van der Waals surface area (Å²) in [6.45, 7) is 2.24. The van der Waals surface area contributed by atoms with E-state index in [9.17, 15) is 0 Å². The van der Waals surface area contributed by atoms with Gasteiger partial charge < -0.3 is 5.73 Å². The second kappa shape index (κ2) is 1.75. The fourth-order valence-corrected chi connectivity index (χ4v) is 1.30. The molecule has 3 nitrogen and oxygen atoms in total. The number of nitrogens with one attached hydrogen (secondary N) is 1. The van der Waals surface area contributed by atoms with Crippen molar-refractivity contribution in [3.8, 4) is 0 Å². The predicted molar refractivity (Wildman–Crippen MR) is 39.5 cm³/mol. The van der Waals surface area contributed by atoms with E-state index in [4.69, 9.17) is 5.73 Å². The topological polar surface area (TPSA) is 54.7 Å². The van der Waals surface area contributed by atoms with Crippen LogP contribution in [0.15, 0.2) is 6.07 Å². The number of rotatable bonds is 1. The zero-order chi connectivity index (χ0) is 7.14. The highest BCUT2D eigenvalue weighted by molar-refractivity contribution is 5.32. The van der Waals surface area contributed by atoms with E-state index in [1.807, 2.05) is 6.07 Å². The monoisotopic (exact) mass is 137 g/mol. The van der Waals surface area contributed by atoms with Gasteiger partial charge in [-0.15, -0.1) is 0 Å². The van der Waals surface area contributed by atoms with Gasteiger partial charge in [0, 0.05) is 17.7 Å². The van der Waals surface area contributed by atoms with Crippen molar-refractivity contribution in [2.75, 3.05) is 5.73 Å². The van der Waals surface area contributed by atoms with Crippen LogP contribution in [0, 0.1) is 5.92 Å². The van der Waals surface area contributed by atoms with Crippen molar-refractivity contribution >= 4 is 5.82 Å². The number of aromatic amines is 1. The Bertz CT molecular complexity index is 241. The van der Waals surface area contributed by atoms with E-state index < -0.39 is 0 Å². The number of anilines is 1. The van der Waals surface area contributed by atoms with Crippen LogP contribution in [0.1, 0.15) is 25.0 Å². The first-order valence-electron chi connectivity index (χ1n) is 3.58. The number of aromatic nitrogens is 2. The Morgan fingerprint density at radius 3 is 2.90 bits per heavy atom. The maximum absolute atomic E-state index is 5.45. The van der Waals surface area contributed by atoms with Gasteiger partial charge >= 0.3 is 0 Å². The van der Waals surface area contributed by atoms with E-state index in [0.29, 0.717) is 11.7 Å². The molecule has 0 radical (unpaired) electrons. The number of hydrogen-bond acceptors (Lipinski definition) is 2. The first-order chi connectivity index (χ1) is 4.77. The Labute approximate surface area is 59.6 Å². The minimum Gasteiger partial charge on any atom is -0.382 e. The first kappa shape index (κ1) is 5.77. The van der Waals surface area contributed by atoms with Crippen LogP contribution < -0.4 is 5.73 Å². The van der Waals surface area contributed by atoms with Gasteiger partial charge in [-0.1, -0.05) is 6.92 Å². The lowest BCUT2D eigenvalue weighted by Gasteiger charge is -1.86. The SMILES string of the molecule is C[C@H]1C[C@H]1c1cc(N)n[nH]1. The van der Waals surface area contributed by atoms with Crippen molar-refractivity contribution in [3.05, 3.63) is 11.8 Å². The van der Waals surface area contributed by atoms with Crippen molar-refractivity contribution in [1.29, 1.82) is 0 Å². The van der Waals surface area contributed by atoms with E-state index in [1.54, 1.807) is 0 Å². The summed E-state index contributed by atoms with van der Waals surface area (Å²) in [7, 11) is 0. The molecule has 0 aliphatic heterocycles. The van der Waals surface area contributed by atoms with Gasteiger partial charge in [-0.2, -0.15) is 5.10 Å². The summed E-state index contributed by atoms with van der Waals surface area (Å²) < 4.78 is 0. The van der Waals surface area contributed by atoms with Crippen LogP contribution in [0.4, 0.5) is 5.82 Å². The third kappa shape index (κ3) is 0.781. The van der Waals surface area contributed by atoms with Crippen LogP contribution in [0.25, 0.3) is 0 Å². The highest BCUT2D eigenvalue weighted by atomic mass is 15.2. The number of H-pyrrole nitrogens is 1. The molecular weight excluding hydrogens is 126 g/mol. The molecule has 1 aliphatic rings. The second-order valence-electron chi connectivity index (χ2n) is 3.07. The molecule has 0 saturated heterocycles. The van der Waals surface area contributed by atoms with Gasteiger partial charge in [-0.25, -0.2) is 0 Å². The Morgan fingerprint density at radius 2 is 2.50 bits per heavy atom. The van der Waals surface area contributed by atoms with Crippen molar-refractivity contribution in [1.82, 2.24) is 10.2 Å². The quantitative estimate of drug-likeness (QED) is 0.609. The molecule has 3 N–H and O–H groups in total.